The molecular formula is C29H25BrN2O5. The van der Waals surface area contributed by atoms with E-state index < -0.39 is 40.7 Å². The molecule has 3 aromatic rings. The lowest BCUT2D eigenvalue weighted by atomic mass is 9.65. The highest BCUT2D eigenvalue weighted by atomic mass is 79.9. The van der Waals surface area contributed by atoms with Crippen molar-refractivity contribution >= 4 is 51.1 Å². The fraction of sp³-hybridized carbons (Fsp3) is 0.241. The van der Waals surface area contributed by atoms with E-state index in [0.29, 0.717) is 22.5 Å². The summed E-state index contributed by atoms with van der Waals surface area (Å²) < 4.78 is 6.40. The largest absolute Gasteiger partial charge is 0.443 e. The van der Waals surface area contributed by atoms with Crippen LogP contribution < -0.4 is 9.80 Å². The first-order valence-corrected chi connectivity index (χ1v) is 12.7. The van der Waals surface area contributed by atoms with Crippen LogP contribution in [0.25, 0.3) is 0 Å². The van der Waals surface area contributed by atoms with Gasteiger partial charge in [-0.05, 0) is 62.2 Å². The van der Waals surface area contributed by atoms with E-state index in [0.717, 1.165) is 14.3 Å². The normalized spacial score (nSPS) is 21.4. The molecule has 0 N–H and O–H groups in total. The zero-order valence-electron chi connectivity index (χ0n) is 20.6. The molecule has 1 fully saturated rings. The van der Waals surface area contributed by atoms with Gasteiger partial charge < -0.3 is 4.74 Å². The fourth-order valence-electron chi connectivity index (χ4n) is 5.24. The maximum Gasteiger partial charge on any atom is 0.421 e. The number of nitrogens with zero attached hydrogens (tertiary/aromatic N) is 2. The Morgan fingerprint density at radius 2 is 1.54 bits per heavy atom. The quantitative estimate of drug-likeness (QED) is 0.389. The molecule has 2 aliphatic heterocycles. The summed E-state index contributed by atoms with van der Waals surface area (Å²) in [6, 6.07) is 22.6. The highest BCUT2D eigenvalue weighted by Gasteiger charge is 2.64. The minimum absolute atomic E-state index is 0.188. The van der Waals surface area contributed by atoms with Gasteiger partial charge in [0.2, 0.25) is 11.8 Å². The predicted octanol–water partition coefficient (Wildman–Crippen LogP) is 5.60. The van der Waals surface area contributed by atoms with E-state index in [2.05, 4.69) is 15.9 Å². The van der Waals surface area contributed by atoms with Crippen molar-refractivity contribution in [2.45, 2.75) is 38.2 Å². The number of hydrogen-bond donors (Lipinski definition) is 0. The lowest BCUT2D eigenvalue weighted by Gasteiger charge is -2.33. The number of carbonyl (C=O) groups is 4. The Hall–Kier alpha value is -3.78. The van der Waals surface area contributed by atoms with Gasteiger partial charge >= 0.3 is 6.09 Å². The molecule has 0 bridgehead atoms. The third-order valence-corrected chi connectivity index (χ3v) is 7.20. The first kappa shape index (κ1) is 24.9. The molecule has 7 nitrogen and oxygen atoms in total. The van der Waals surface area contributed by atoms with Crippen molar-refractivity contribution in [3.63, 3.8) is 0 Å². The maximum absolute atomic E-state index is 14.5. The maximum atomic E-state index is 14.5. The molecule has 8 heteroatoms. The minimum Gasteiger partial charge on any atom is -0.443 e. The summed E-state index contributed by atoms with van der Waals surface area (Å²) in [6.07, 6.45) is -1.02. The molecule has 5 rings (SSSR count). The molecule has 2 atom stereocenters. The van der Waals surface area contributed by atoms with Gasteiger partial charge in [0.05, 0.1) is 17.3 Å². The molecule has 1 saturated heterocycles. The zero-order valence-corrected chi connectivity index (χ0v) is 22.2. The highest BCUT2D eigenvalue weighted by Crippen LogP contribution is 2.54. The van der Waals surface area contributed by atoms with Gasteiger partial charge in [0.1, 0.15) is 11.0 Å². The molecule has 188 valence electrons. The zero-order chi connectivity index (χ0) is 26.5. The summed E-state index contributed by atoms with van der Waals surface area (Å²) in [5.41, 5.74) is -0.657. The van der Waals surface area contributed by atoms with Gasteiger partial charge in [-0.2, -0.15) is 0 Å². The molecule has 0 spiro atoms. The first-order chi connectivity index (χ1) is 17.6. The lowest BCUT2D eigenvalue weighted by Crippen LogP contribution is -2.51. The highest BCUT2D eigenvalue weighted by molar-refractivity contribution is 9.10. The summed E-state index contributed by atoms with van der Waals surface area (Å²) in [5.74, 6) is -2.58. The van der Waals surface area contributed by atoms with E-state index in [-0.39, 0.29) is 6.42 Å². The van der Waals surface area contributed by atoms with Crippen LogP contribution in [-0.2, 0) is 24.5 Å². The van der Waals surface area contributed by atoms with Crippen molar-refractivity contribution in [2.75, 3.05) is 9.80 Å². The molecule has 0 radical (unpaired) electrons. The fourth-order valence-corrected chi connectivity index (χ4v) is 5.51. The van der Waals surface area contributed by atoms with Crippen molar-refractivity contribution < 1.29 is 23.9 Å². The van der Waals surface area contributed by atoms with Crippen molar-refractivity contribution in [2.24, 2.45) is 5.92 Å². The smallest absolute Gasteiger partial charge is 0.421 e. The summed E-state index contributed by atoms with van der Waals surface area (Å²) >= 11 is 3.37. The SMILES string of the molecule is CC(C)(C)OC(=O)N1C(=O)C(c2ccccc2)([C@@H]2CC(=O)N(c3ccc(Br)cc3)C2=O)c2ccccc21. The number of carbonyl (C=O) groups excluding carboxylic acids is 4. The van der Waals surface area contributed by atoms with Gasteiger partial charge in [-0.25, -0.2) is 9.69 Å². The summed E-state index contributed by atoms with van der Waals surface area (Å²) in [4.78, 5) is 57.3. The molecule has 4 amide bonds. The van der Waals surface area contributed by atoms with Gasteiger partial charge in [-0.15, -0.1) is 0 Å². The van der Waals surface area contributed by atoms with Gasteiger partial charge in [0.15, 0.2) is 0 Å². The average Bonchev–Trinajstić information content (AvgIpc) is 3.29. The summed E-state index contributed by atoms with van der Waals surface area (Å²) in [7, 11) is 0. The van der Waals surface area contributed by atoms with E-state index in [1.807, 2.05) is 6.07 Å². The third-order valence-electron chi connectivity index (χ3n) is 6.67. The number of fused-ring (bicyclic) bond motifs is 1. The molecule has 37 heavy (non-hydrogen) atoms. The predicted molar refractivity (Wildman–Crippen MR) is 142 cm³/mol. The van der Waals surface area contributed by atoms with E-state index >= 15 is 0 Å². The number of hydrogen-bond acceptors (Lipinski definition) is 5. The number of halogens is 1. The van der Waals surface area contributed by atoms with E-state index in [9.17, 15) is 19.2 Å². The molecule has 0 aromatic heterocycles. The van der Waals surface area contributed by atoms with Crippen LogP contribution in [0.4, 0.5) is 16.2 Å². The third kappa shape index (κ3) is 3.96. The van der Waals surface area contributed by atoms with Crippen molar-refractivity contribution in [1.29, 1.82) is 0 Å². The Kier molecular flexibility index (Phi) is 6.02. The van der Waals surface area contributed by atoms with Crippen LogP contribution >= 0.6 is 15.9 Å². The number of rotatable bonds is 3. The Morgan fingerprint density at radius 1 is 0.919 bits per heavy atom. The van der Waals surface area contributed by atoms with Crippen LogP contribution in [0.1, 0.15) is 38.3 Å². The van der Waals surface area contributed by atoms with Crippen molar-refractivity contribution in [3.05, 3.63) is 94.5 Å². The Morgan fingerprint density at radius 3 is 2.19 bits per heavy atom. The first-order valence-electron chi connectivity index (χ1n) is 11.9. The number of benzene rings is 3. The van der Waals surface area contributed by atoms with Crippen LogP contribution in [0.3, 0.4) is 0 Å². The molecule has 1 unspecified atom stereocenters. The summed E-state index contributed by atoms with van der Waals surface area (Å²) in [5, 5.41) is 0. The van der Waals surface area contributed by atoms with Gasteiger partial charge in [-0.1, -0.05) is 64.5 Å². The Balaban J connectivity index is 1.71. The number of amides is 4. The summed E-state index contributed by atoms with van der Waals surface area (Å²) in [6.45, 7) is 5.16. The van der Waals surface area contributed by atoms with Gasteiger partial charge in [0.25, 0.3) is 5.91 Å². The van der Waals surface area contributed by atoms with E-state index in [4.69, 9.17) is 4.74 Å². The van der Waals surface area contributed by atoms with Crippen LogP contribution in [0.15, 0.2) is 83.3 Å². The number of imide groups is 2. The number of ether oxygens (including phenoxy) is 1. The van der Waals surface area contributed by atoms with Crippen molar-refractivity contribution in [1.82, 2.24) is 0 Å². The molecule has 2 heterocycles. The van der Waals surface area contributed by atoms with Crippen LogP contribution in [-0.4, -0.2) is 29.4 Å². The van der Waals surface area contributed by atoms with Gasteiger partial charge in [-0.3, -0.25) is 19.3 Å². The van der Waals surface area contributed by atoms with E-state index in [1.54, 1.807) is 93.6 Å². The molecule has 2 aliphatic rings. The second-order valence-electron chi connectivity index (χ2n) is 10.1. The molecular weight excluding hydrogens is 536 g/mol. The Labute approximate surface area is 223 Å². The Bertz CT molecular complexity index is 1410. The van der Waals surface area contributed by atoms with Crippen molar-refractivity contribution in [3.8, 4) is 0 Å². The van der Waals surface area contributed by atoms with Crippen LogP contribution in [0.5, 0.6) is 0 Å². The van der Waals surface area contributed by atoms with Crippen LogP contribution in [0, 0.1) is 5.92 Å². The standard InChI is InChI=1S/C29H25BrN2O5/c1-28(2,3)37-27(36)32-23-12-8-7-11-21(23)29(26(32)35,18-9-5-4-6-10-18)22-17-24(33)31(25(22)34)20-15-13-19(30)14-16-20/h4-16,22H,17H2,1-3H3/t22-,29?/m1/s1. The monoisotopic (exact) mass is 560 g/mol. The average molecular weight is 561 g/mol. The molecule has 0 aliphatic carbocycles. The van der Waals surface area contributed by atoms with Gasteiger partial charge in [0, 0.05) is 10.9 Å². The van der Waals surface area contributed by atoms with E-state index in [1.165, 1.54) is 0 Å². The van der Waals surface area contributed by atoms with Crippen LogP contribution in [0.2, 0.25) is 0 Å². The second kappa shape index (κ2) is 8.95. The number of para-hydroxylation sites is 1. The lowest BCUT2D eigenvalue weighted by molar-refractivity contribution is -0.130. The molecule has 0 saturated carbocycles. The topological polar surface area (TPSA) is 84.0 Å². The second-order valence-corrected chi connectivity index (χ2v) is 11.0. The number of anilines is 2. The minimum atomic E-state index is -1.59. The molecule has 3 aromatic carbocycles.